The Kier molecular flexibility index (Phi) is 13.5. The van der Waals surface area contributed by atoms with Gasteiger partial charge in [0.1, 0.15) is 23.4 Å². The first-order valence-corrected chi connectivity index (χ1v) is 19.3. The maximum absolute atomic E-state index is 14.4. The molecule has 0 spiro atoms. The predicted molar refractivity (Wildman–Crippen MR) is 214 cm³/mol. The number of nitrogens with zero attached hydrogens (tertiary/aromatic N) is 2. The Morgan fingerprint density at radius 1 is 0.966 bits per heavy atom. The molecule has 0 radical (unpaired) electrons. The zero-order chi connectivity index (χ0) is 42.8. The number of carbonyl (C=O) groups is 3. The fourth-order valence-electron chi connectivity index (χ4n) is 7.68. The molecule has 16 nitrogen and oxygen atoms in total. The van der Waals surface area contributed by atoms with Crippen LogP contribution in [0.5, 0.6) is 23.0 Å². The second kappa shape index (κ2) is 17.8. The number of amides is 1. The molecule has 16 heteroatoms. The summed E-state index contributed by atoms with van der Waals surface area (Å²) in [4.78, 5) is 40.4. The molecule has 1 saturated heterocycles. The van der Waals surface area contributed by atoms with E-state index in [2.05, 4.69) is 10.4 Å². The first kappa shape index (κ1) is 44.0. The Balaban J connectivity index is 1.71. The molecule has 6 N–H and O–H groups in total. The second-order valence-corrected chi connectivity index (χ2v) is 15.4. The van der Waals surface area contributed by atoms with Crippen molar-refractivity contribution in [1.82, 2.24) is 5.01 Å². The Bertz CT molecular complexity index is 2040. The van der Waals surface area contributed by atoms with Gasteiger partial charge in [-0.05, 0) is 19.9 Å². The minimum absolute atomic E-state index is 0.0475. The van der Waals surface area contributed by atoms with Crippen LogP contribution in [0.3, 0.4) is 0 Å². The lowest BCUT2D eigenvalue weighted by molar-refractivity contribution is -0.160. The number of ether oxygens (including phenoxy) is 5. The summed E-state index contributed by atoms with van der Waals surface area (Å²) in [7, 11) is 1.43. The van der Waals surface area contributed by atoms with E-state index in [-0.39, 0.29) is 44.5 Å². The number of phenolic OH excluding ortho intramolecular Hbond substituents is 3. The summed E-state index contributed by atoms with van der Waals surface area (Å²) in [5.74, 6) is -8.44. The van der Waals surface area contributed by atoms with Crippen molar-refractivity contribution >= 4 is 40.3 Å². The fourth-order valence-corrected chi connectivity index (χ4v) is 7.68. The molecule has 2 aromatic carbocycles. The first-order valence-electron chi connectivity index (χ1n) is 19.3. The van der Waals surface area contributed by atoms with Gasteiger partial charge in [-0.3, -0.25) is 19.4 Å². The van der Waals surface area contributed by atoms with E-state index in [1.165, 1.54) is 59.4 Å². The van der Waals surface area contributed by atoms with Crippen molar-refractivity contribution in [1.29, 1.82) is 0 Å². The number of aliphatic hydroxyl groups excluding tert-OH is 2. The number of ketones is 1. The average molecular weight is 810 g/mol. The molecule has 5 bridgehead atoms. The van der Waals surface area contributed by atoms with Crippen LogP contribution in [0.1, 0.15) is 70.0 Å². The van der Waals surface area contributed by atoms with E-state index in [1.807, 2.05) is 0 Å². The van der Waals surface area contributed by atoms with Gasteiger partial charge in [0, 0.05) is 61.2 Å². The third kappa shape index (κ3) is 8.51. The molecule has 0 aliphatic carbocycles. The maximum atomic E-state index is 14.4. The Hall–Kier alpha value is -5.16. The van der Waals surface area contributed by atoms with Gasteiger partial charge in [-0.15, -0.1) is 0 Å². The SMILES string of the molecule is COC1/C=C\OC2(C)Oc3c(C)c(O)c4c(O)c(c(C=NN5CCOCC5)c(O)c4c3C2=O)NC(=O)/C(C)=C\C=C/C(C)C(O)C(C)C(O)C(C)C(OC(C)=O)C1C. The van der Waals surface area contributed by atoms with Crippen LogP contribution < -0.4 is 10.1 Å². The highest BCUT2D eigenvalue weighted by Crippen LogP contribution is 2.55. The Morgan fingerprint density at radius 3 is 2.28 bits per heavy atom. The number of aliphatic hydroxyl groups is 2. The van der Waals surface area contributed by atoms with E-state index in [4.69, 9.17) is 23.7 Å². The molecule has 2 aromatic rings. The van der Waals surface area contributed by atoms with Crippen molar-refractivity contribution in [2.75, 3.05) is 38.7 Å². The van der Waals surface area contributed by atoms with Crippen molar-refractivity contribution in [3.63, 3.8) is 0 Å². The van der Waals surface area contributed by atoms with Gasteiger partial charge in [0.05, 0.1) is 79.3 Å². The molecule has 1 amide bonds. The van der Waals surface area contributed by atoms with Gasteiger partial charge in [-0.2, -0.15) is 5.10 Å². The van der Waals surface area contributed by atoms with E-state index in [0.29, 0.717) is 26.3 Å². The van der Waals surface area contributed by atoms with Crippen molar-refractivity contribution in [3.8, 4) is 23.0 Å². The number of phenols is 3. The van der Waals surface area contributed by atoms with Gasteiger partial charge in [0.15, 0.2) is 5.75 Å². The number of allylic oxidation sites excluding steroid dienone is 2. The number of carbonyl (C=O) groups excluding carboxylic acids is 3. The summed E-state index contributed by atoms with van der Waals surface area (Å²) < 4.78 is 29.0. The highest BCUT2D eigenvalue weighted by atomic mass is 16.7. The monoisotopic (exact) mass is 809 g/mol. The van der Waals surface area contributed by atoms with E-state index in [1.54, 1.807) is 44.9 Å². The zero-order valence-corrected chi connectivity index (χ0v) is 34.3. The number of methoxy groups -OCH3 is 1. The van der Waals surface area contributed by atoms with E-state index in [9.17, 15) is 39.9 Å². The maximum Gasteiger partial charge on any atom is 0.312 e. The summed E-state index contributed by atoms with van der Waals surface area (Å²) >= 11 is 0. The summed E-state index contributed by atoms with van der Waals surface area (Å²) in [6.45, 7) is 14.1. The third-order valence-corrected chi connectivity index (χ3v) is 11.4. The lowest BCUT2D eigenvalue weighted by Crippen LogP contribution is -2.46. The molecule has 1 fully saturated rings. The molecule has 316 valence electrons. The fraction of sp³-hybridized carbons (Fsp3) is 0.524. The molecular weight excluding hydrogens is 754 g/mol. The van der Waals surface area contributed by atoms with Crippen molar-refractivity contribution in [2.45, 2.75) is 85.6 Å². The van der Waals surface area contributed by atoms with Gasteiger partial charge >= 0.3 is 11.8 Å². The lowest BCUT2D eigenvalue weighted by Gasteiger charge is -2.38. The van der Waals surface area contributed by atoms with Crippen molar-refractivity contribution < 1.29 is 63.6 Å². The van der Waals surface area contributed by atoms with Crippen LogP contribution in [-0.4, -0.2) is 118 Å². The second-order valence-electron chi connectivity index (χ2n) is 15.4. The summed E-state index contributed by atoms with van der Waals surface area (Å²) in [6, 6.07) is 0. The van der Waals surface area contributed by atoms with Crippen molar-refractivity contribution in [2.24, 2.45) is 28.8 Å². The smallest absolute Gasteiger partial charge is 0.312 e. The predicted octanol–water partition coefficient (Wildman–Crippen LogP) is 4.42. The molecule has 6 rings (SSSR count). The lowest BCUT2D eigenvalue weighted by atomic mass is 9.78. The molecule has 58 heavy (non-hydrogen) atoms. The third-order valence-electron chi connectivity index (χ3n) is 11.4. The number of rotatable bonds is 4. The number of hydrogen-bond donors (Lipinski definition) is 6. The van der Waals surface area contributed by atoms with E-state index >= 15 is 0 Å². The normalized spacial score (nSPS) is 32.1. The first-order chi connectivity index (χ1) is 27.3. The van der Waals surface area contributed by atoms with Crippen LogP contribution in [0.2, 0.25) is 0 Å². The highest BCUT2D eigenvalue weighted by Gasteiger charge is 2.50. The Morgan fingerprint density at radius 2 is 1.64 bits per heavy atom. The average Bonchev–Trinajstić information content (AvgIpc) is 3.46. The van der Waals surface area contributed by atoms with Gasteiger partial charge in [0.2, 0.25) is 0 Å². The molecule has 4 aliphatic rings. The topological polar surface area (TPSA) is 226 Å². The van der Waals surface area contributed by atoms with Crippen LogP contribution in [0.15, 0.2) is 41.2 Å². The number of hydrazone groups is 1. The summed E-state index contributed by atoms with van der Waals surface area (Å²) in [5, 5.41) is 66.4. The number of fused-ring (bicyclic) bond motifs is 14. The minimum Gasteiger partial charge on any atom is -0.507 e. The van der Waals surface area contributed by atoms with E-state index in [0.717, 1.165) is 0 Å². The van der Waals surface area contributed by atoms with Gasteiger partial charge in [0.25, 0.3) is 11.7 Å². The van der Waals surface area contributed by atoms with E-state index < -0.39 is 88.8 Å². The number of aromatic hydroxyl groups is 3. The van der Waals surface area contributed by atoms with Crippen LogP contribution in [0.25, 0.3) is 10.8 Å². The number of morpholine rings is 1. The van der Waals surface area contributed by atoms with Gasteiger partial charge in [-0.25, -0.2) is 0 Å². The standard InChI is InChI=1S/C42H55N3O13/c1-20-11-10-12-21(2)41(53)44-32-27(19-43-45-14-17-55-18-15-45)36(50)29-30(37(32)51)35(49)25(6)39-31(29)40(52)42(8,58-39)56-16-13-28(54-9)22(3)38(57-26(7)46)24(5)34(48)23(4)33(20)47/h10-13,16,19-20,22-24,28,33-34,38,47-51H,14-15,17-18H2,1-9H3,(H,44,53)/b11-10-,16-13-,21-12-,43-19?. The number of hydrogen-bond acceptors (Lipinski definition) is 15. The number of anilines is 1. The largest absolute Gasteiger partial charge is 0.507 e. The number of nitrogens with one attached hydrogen (secondary N) is 1. The molecule has 9 unspecified atom stereocenters. The summed E-state index contributed by atoms with van der Waals surface area (Å²) in [6.07, 6.45) is 4.76. The highest BCUT2D eigenvalue weighted by molar-refractivity contribution is 6.23. The van der Waals surface area contributed by atoms with Crippen LogP contribution >= 0.6 is 0 Å². The molecule has 0 aromatic heterocycles. The zero-order valence-electron chi connectivity index (χ0n) is 34.3. The summed E-state index contributed by atoms with van der Waals surface area (Å²) in [5.41, 5.74) is -0.426. The number of esters is 1. The molecule has 4 aliphatic heterocycles. The molecule has 4 heterocycles. The quantitative estimate of drug-likeness (QED) is 0.109. The Labute approximate surface area is 337 Å². The number of benzene rings is 2. The molecule has 0 saturated carbocycles. The molecular formula is C42H55N3O13. The van der Waals surface area contributed by atoms with Crippen LogP contribution in [0.4, 0.5) is 5.69 Å². The van der Waals surface area contributed by atoms with Gasteiger partial charge in [-0.1, -0.05) is 45.9 Å². The number of Topliss-reactive ketones (excluding diaryl/α,β-unsaturated/α-hetero) is 1. The van der Waals surface area contributed by atoms with Crippen LogP contribution in [-0.2, 0) is 28.5 Å². The van der Waals surface area contributed by atoms with Crippen molar-refractivity contribution in [3.05, 3.63) is 52.8 Å². The van der Waals surface area contributed by atoms with Gasteiger partial charge < -0.3 is 54.5 Å². The molecule has 9 atom stereocenters. The van der Waals surface area contributed by atoms with Crippen LogP contribution in [0, 0.1) is 30.6 Å². The minimum atomic E-state index is -2.05.